The number of benzene rings is 1. The molecule has 4 rings (SSSR count). The van der Waals surface area contributed by atoms with E-state index in [1.165, 1.54) is 6.26 Å². The highest BCUT2D eigenvalue weighted by atomic mass is 35.5. The molecule has 3 aromatic heterocycles. The van der Waals surface area contributed by atoms with E-state index in [0.717, 1.165) is 0 Å². The van der Waals surface area contributed by atoms with E-state index in [0.29, 0.717) is 38.4 Å². The molecule has 0 fully saturated rings. The smallest absolute Gasteiger partial charge is 0.260 e. The zero-order chi connectivity index (χ0) is 18.3. The maximum Gasteiger partial charge on any atom is 0.260 e. The van der Waals surface area contributed by atoms with Gasteiger partial charge in [0.2, 0.25) is 5.82 Å². The Labute approximate surface area is 166 Å². The highest BCUT2D eigenvalue weighted by Crippen LogP contribution is 2.38. The van der Waals surface area contributed by atoms with Gasteiger partial charge in [-0.15, -0.1) is 0 Å². The van der Waals surface area contributed by atoms with Crippen LogP contribution in [0.3, 0.4) is 0 Å². The number of hydrogen-bond acceptors (Lipinski definition) is 6. The molecule has 0 aliphatic rings. The van der Waals surface area contributed by atoms with Gasteiger partial charge in [0.15, 0.2) is 22.1 Å². The fourth-order valence-electron chi connectivity index (χ4n) is 2.32. The van der Waals surface area contributed by atoms with Crippen molar-refractivity contribution < 1.29 is 13.5 Å². The second-order valence-electron chi connectivity index (χ2n) is 5.12. The first kappa shape index (κ1) is 17.4. The Hall–Kier alpha value is -1.99. The number of alkyl halides is 2. The highest BCUT2D eigenvalue weighted by Gasteiger charge is 2.21. The summed E-state index contributed by atoms with van der Waals surface area (Å²) in [6.07, 6.45) is 1.48. The quantitative estimate of drug-likeness (QED) is 0.347. The Morgan fingerprint density at radius 2 is 1.73 bits per heavy atom. The topological polar surface area (TPSA) is 78.1 Å². The third-order valence-electron chi connectivity index (χ3n) is 3.48. The summed E-state index contributed by atoms with van der Waals surface area (Å²) in [6.45, 7) is 0. The second-order valence-corrected chi connectivity index (χ2v) is 7.06. The van der Waals surface area contributed by atoms with Gasteiger partial charge in [-0.2, -0.15) is 4.98 Å². The normalized spacial score (nSPS) is 11.4. The Morgan fingerprint density at radius 1 is 0.923 bits per heavy atom. The summed E-state index contributed by atoms with van der Waals surface area (Å²) in [4.78, 5) is 3.15. The van der Waals surface area contributed by atoms with Crippen LogP contribution in [0.4, 0.5) is 0 Å². The minimum Gasteiger partial charge on any atom is -0.451 e. The van der Waals surface area contributed by atoms with Crippen molar-refractivity contribution in [1.82, 2.24) is 15.3 Å². The maximum absolute atomic E-state index is 6.27. The molecule has 0 saturated carbocycles. The Morgan fingerprint density at radius 3 is 2.46 bits per heavy atom. The van der Waals surface area contributed by atoms with Crippen LogP contribution >= 0.6 is 46.4 Å². The minimum atomic E-state index is -0.917. The Bertz CT molecular complexity index is 1070. The molecule has 0 aliphatic heterocycles. The van der Waals surface area contributed by atoms with Crippen molar-refractivity contribution in [1.29, 1.82) is 0 Å². The molecule has 0 N–H and O–H groups in total. The van der Waals surface area contributed by atoms with Crippen molar-refractivity contribution in [3.8, 4) is 34.2 Å². The van der Waals surface area contributed by atoms with Gasteiger partial charge >= 0.3 is 0 Å². The van der Waals surface area contributed by atoms with Gasteiger partial charge in [0.25, 0.3) is 5.89 Å². The minimum absolute atomic E-state index is 0.0800. The Kier molecular flexibility index (Phi) is 4.67. The summed E-state index contributed by atoms with van der Waals surface area (Å²) in [5, 5.41) is 8.77. The lowest BCUT2D eigenvalue weighted by Crippen LogP contribution is -1.83. The molecule has 132 valence electrons. The zero-order valence-electron chi connectivity index (χ0n) is 12.6. The largest absolute Gasteiger partial charge is 0.451 e. The molecule has 0 amide bonds. The van der Waals surface area contributed by atoms with Gasteiger partial charge in [-0.3, -0.25) is 0 Å². The SMILES string of the molecule is Clc1ccc(-c2conc2-c2ccc(-c3noc(C(Cl)Cl)n3)o2)c(Cl)c1. The lowest BCUT2D eigenvalue weighted by atomic mass is 10.1. The van der Waals surface area contributed by atoms with Gasteiger partial charge in [-0.25, -0.2) is 0 Å². The second kappa shape index (κ2) is 6.96. The van der Waals surface area contributed by atoms with Crippen molar-refractivity contribution in [3.63, 3.8) is 0 Å². The van der Waals surface area contributed by atoms with Crippen molar-refractivity contribution in [2.45, 2.75) is 4.84 Å². The van der Waals surface area contributed by atoms with Gasteiger partial charge in [-0.05, 0) is 24.3 Å². The van der Waals surface area contributed by atoms with Gasteiger partial charge in [0.05, 0.1) is 10.6 Å². The van der Waals surface area contributed by atoms with Gasteiger partial charge in [0, 0.05) is 10.6 Å². The maximum atomic E-state index is 6.27. The first-order valence-electron chi connectivity index (χ1n) is 7.15. The van der Waals surface area contributed by atoms with E-state index in [4.69, 9.17) is 59.9 Å². The summed E-state index contributed by atoms with van der Waals surface area (Å²) in [5.74, 6) is 1.10. The molecule has 3 heterocycles. The first-order valence-corrected chi connectivity index (χ1v) is 8.78. The van der Waals surface area contributed by atoms with Gasteiger partial charge in [-0.1, -0.05) is 62.8 Å². The van der Waals surface area contributed by atoms with Gasteiger partial charge in [0.1, 0.15) is 6.26 Å². The van der Waals surface area contributed by atoms with Crippen LogP contribution in [0.2, 0.25) is 10.0 Å². The van der Waals surface area contributed by atoms with Crippen molar-refractivity contribution >= 4 is 46.4 Å². The molecule has 0 atom stereocenters. The van der Waals surface area contributed by atoms with Gasteiger partial charge < -0.3 is 13.5 Å². The summed E-state index contributed by atoms with van der Waals surface area (Å²) >= 11 is 23.6. The van der Waals surface area contributed by atoms with Crippen LogP contribution in [0.15, 0.2) is 50.1 Å². The monoisotopic (exact) mass is 429 g/mol. The van der Waals surface area contributed by atoms with Crippen molar-refractivity contribution in [3.05, 3.63) is 52.5 Å². The highest BCUT2D eigenvalue weighted by molar-refractivity contribution is 6.43. The average molecular weight is 431 g/mol. The fourth-order valence-corrected chi connectivity index (χ4v) is 3.01. The first-order chi connectivity index (χ1) is 12.5. The van der Waals surface area contributed by atoms with E-state index < -0.39 is 4.84 Å². The van der Waals surface area contributed by atoms with Crippen LogP contribution in [0, 0.1) is 0 Å². The summed E-state index contributed by atoms with van der Waals surface area (Å²) in [6, 6.07) is 8.51. The lowest BCUT2D eigenvalue weighted by molar-refractivity contribution is 0.387. The molecule has 10 heteroatoms. The van der Waals surface area contributed by atoms with E-state index in [1.54, 1.807) is 30.3 Å². The number of nitrogens with zero attached hydrogens (tertiary/aromatic N) is 3. The number of aromatic nitrogens is 3. The van der Waals surface area contributed by atoms with Crippen LogP contribution in [0.25, 0.3) is 34.2 Å². The number of furan rings is 1. The third kappa shape index (κ3) is 3.21. The van der Waals surface area contributed by atoms with Crippen LogP contribution in [-0.2, 0) is 0 Å². The molecule has 0 unspecified atom stereocenters. The van der Waals surface area contributed by atoms with Crippen molar-refractivity contribution in [2.75, 3.05) is 0 Å². The molecule has 6 nitrogen and oxygen atoms in total. The molecular weight excluding hydrogens is 424 g/mol. The van der Waals surface area contributed by atoms with E-state index >= 15 is 0 Å². The summed E-state index contributed by atoms with van der Waals surface area (Å²) in [5.41, 5.74) is 1.83. The molecule has 4 aromatic rings. The molecule has 0 spiro atoms. The van der Waals surface area contributed by atoms with E-state index in [1.807, 2.05) is 0 Å². The fraction of sp³-hybridized carbons (Fsp3) is 0.0625. The Balaban J connectivity index is 1.72. The van der Waals surface area contributed by atoms with Crippen LogP contribution in [-0.4, -0.2) is 15.3 Å². The van der Waals surface area contributed by atoms with E-state index in [-0.39, 0.29) is 11.7 Å². The summed E-state index contributed by atoms with van der Waals surface area (Å²) in [7, 11) is 0. The number of halogens is 4. The molecule has 0 aliphatic carbocycles. The van der Waals surface area contributed by atoms with Crippen LogP contribution < -0.4 is 0 Å². The summed E-state index contributed by atoms with van der Waals surface area (Å²) < 4.78 is 15.8. The third-order valence-corrected chi connectivity index (χ3v) is 4.40. The molecule has 0 bridgehead atoms. The number of rotatable bonds is 4. The average Bonchev–Trinajstić information content (AvgIpc) is 3.34. The zero-order valence-corrected chi connectivity index (χ0v) is 15.6. The molecule has 0 radical (unpaired) electrons. The molecule has 0 saturated heterocycles. The number of hydrogen-bond donors (Lipinski definition) is 0. The van der Waals surface area contributed by atoms with Crippen LogP contribution in [0.1, 0.15) is 10.7 Å². The molecular formula is C16H7Cl4N3O3. The molecule has 1 aromatic carbocycles. The van der Waals surface area contributed by atoms with E-state index in [9.17, 15) is 0 Å². The predicted octanol–water partition coefficient (Wildman–Crippen LogP) is 6.43. The molecule has 26 heavy (non-hydrogen) atoms. The standard InChI is InChI=1S/C16H7Cl4N3O3/c17-7-1-2-8(10(18)5-7)9-6-24-22-13(9)11-3-4-12(25-11)15-21-16(14(19)20)26-23-15/h1-6,14H. The van der Waals surface area contributed by atoms with Crippen molar-refractivity contribution in [2.24, 2.45) is 0 Å². The van der Waals surface area contributed by atoms with Crippen LogP contribution in [0.5, 0.6) is 0 Å². The van der Waals surface area contributed by atoms with E-state index in [2.05, 4.69) is 15.3 Å². The lowest BCUT2D eigenvalue weighted by Gasteiger charge is -2.03. The predicted molar refractivity (Wildman–Crippen MR) is 97.4 cm³/mol.